The molecule has 1 N–H and O–H groups in total. The van der Waals surface area contributed by atoms with Crippen LogP contribution in [0.1, 0.15) is 19.4 Å². The summed E-state index contributed by atoms with van der Waals surface area (Å²) in [5.74, 6) is 1.63. The minimum absolute atomic E-state index is 0.145. The van der Waals surface area contributed by atoms with Gasteiger partial charge in [0.2, 0.25) is 0 Å². The molecule has 0 fully saturated rings. The molecule has 0 amide bonds. The molecule has 3 nitrogen and oxygen atoms in total. The average molecular weight is 353 g/mol. The summed E-state index contributed by atoms with van der Waals surface area (Å²) in [6, 6.07) is 3.75. The fourth-order valence-corrected chi connectivity index (χ4v) is 2.10. The molecule has 21 heavy (non-hydrogen) atoms. The predicted octanol–water partition coefficient (Wildman–Crippen LogP) is 4.79. The van der Waals surface area contributed by atoms with Gasteiger partial charge in [-0.2, -0.15) is 0 Å². The van der Waals surface area contributed by atoms with E-state index < -0.39 is 0 Å². The summed E-state index contributed by atoms with van der Waals surface area (Å²) in [6.07, 6.45) is 0. The van der Waals surface area contributed by atoms with E-state index in [0.29, 0.717) is 27.5 Å². The van der Waals surface area contributed by atoms with Crippen molar-refractivity contribution in [3.8, 4) is 11.5 Å². The maximum atomic E-state index is 6.25. The van der Waals surface area contributed by atoms with Gasteiger partial charge in [0, 0.05) is 12.1 Å². The highest BCUT2D eigenvalue weighted by Crippen LogP contribution is 2.36. The Morgan fingerprint density at radius 3 is 2.67 bits per heavy atom. The number of rotatable bonds is 8. The van der Waals surface area contributed by atoms with Crippen molar-refractivity contribution in [1.29, 1.82) is 0 Å². The predicted molar refractivity (Wildman–Crippen MR) is 89.8 cm³/mol. The number of nitrogens with one attached hydrogen (secondary N) is 1. The molecule has 6 heteroatoms. The van der Waals surface area contributed by atoms with Crippen LogP contribution >= 0.6 is 34.8 Å². The van der Waals surface area contributed by atoms with Gasteiger partial charge in [0.1, 0.15) is 6.61 Å². The van der Waals surface area contributed by atoms with Crippen LogP contribution in [0.5, 0.6) is 11.5 Å². The SMILES string of the molecule is COc1cc(CNCC(C)C)cc(Cl)c1OCC(Cl)=CCl. The Balaban J connectivity index is 2.81. The molecular weight excluding hydrogens is 333 g/mol. The van der Waals surface area contributed by atoms with Crippen LogP contribution in [0.25, 0.3) is 0 Å². The molecule has 0 aromatic heterocycles. The Bertz CT molecular complexity index is 490. The van der Waals surface area contributed by atoms with Crippen LogP contribution in [0.15, 0.2) is 22.7 Å². The van der Waals surface area contributed by atoms with Gasteiger partial charge in [-0.1, -0.05) is 48.7 Å². The first-order valence-electron chi connectivity index (χ1n) is 6.62. The maximum absolute atomic E-state index is 6.25. The maximum Gasteiger partial charge on any atom is 0.180 e. The number of ether oxygens (including phenoxy) is 2. The molecule has 118 valence electrons. The topological polar surface area (TPSA) is 30.5 Å². The molecule has 1 aromatic rings. The molecule has 0 saturated carbocycles. The smallest absolute Gasteiger partial charge is 0.180 e. The number of benzene rings is 1. The molecule has 0 heterocycles. The van der Waals surface area contributed by atoms with Crippen molar-refractivity contribution in [2.45, 2.75) is 20.4 Å². The zero-order valence-corrected chi connectivity index (χ0v) is 14.6. The van der Waals surface area contributed by atoms with Crippen molar-refractivity contribution >= 4 is 34.8 Å². The van der Waals surface area contributed by atoms with Gasteiger partial charge < -0.3 is 14.8 Å². The molecule has 0 atom stereocenters. The molecular formula is C15H20Cl3NO2. The van der Waals surface area contributed by atoms with Crippen LogP contribution in [0, 0.1) is 5.92 Å². The number of hydrogen-bond donors (Lipinski definition) is 1. The zero-order valence-electron chi connectivity index (χ0n) is 12.4. The molecule has 1 aromatic carbocycles. The molecule has 0 aliphatic carbocycles. The standard InChI is InChI=1S/C15H20Cl3NO2/c1-10(2)7-19-8-11-4-13(18)15(14(5-11)20-3)21-9-12(17)6-16/h4-6,10,19H,7-9H2,1-3H3. The second-order valence-electron chi connectivity index (χ2n) is 4.98. The normalized spacial score (nSPS) is 11.9. The summed E-state index contributed by atoms with van der Waals surface area (Å²) in [5, 5.41) is 4.22. The molecule has 0 aliphatic heterocycles. The highest BCUT2D eigenvalue weighted by molar-refractivity contribution is 6.36. The van der Waals surface area contributed by atoms with E-state index in [2.05, 4.69) is 19.2 Å². The van der Waals surface area contributed by atoms with E-state index in [1.165, 1.54) is 5.54 Å². The van der Waals surface area contributed by atoms with E-state index in [1.54, 1.807) is 7.11 Å². The monoisotopic (exact) mass is 351 g/mol. The van der Waals surface area contributed by atoms with Gasteiger partial charge in [0.15, 0.2) is 11.5 Å². The fraction of sp³-hybridized carbons (Fsp3) is 0.467. The van der Waals surface area contributed by atoms with Gasteiger partial charge in [-0.3, -0.25) is 0 Å². The van der Waals surface area contributed by atoms with E-state index in [-0.39, 0.29) is 6.61 Å². The molecule has 0 aliphatic rings. The Morgan fingerprint density at radius 2 is 2.10 bits per heavy atom. The first-order valence-corrected chi connectivity index (χ1v) is 7.81. The van der Waals surface area contributed by atoms with E-state index >= 15 is 0 Å². The quantitative estimate of drug-likeness (QED) is 0.729. The first kappa shape index (κ1) is 18.4. The Morgan fingerprint density at radius 1 is 1.38 bits per heavy atom. The largest absolute Gasteiger partial charge is 0.493 e. The Hall–Kier alpha value is -0.610. The third kappa shape index (κ3) is 6.35. The van der Waals surface area contributed by atoms with Crippen molar-refractivity contribution in [1.82, 2.24) is 5.32 Å². The lowest BCUT2D eigenvalue weighted by atomic mass is 10.1. The van der Waals surface area contributed by atoms with E-state index in [0.717, 1.165) is 18.7 Å². The van der Waals surface area contributed by atoms with Gasteiger partial charge in [0.25, 0.3) is 0 Å². The summed E-state index contributed by atoms with van der Waals surface area (Å²) < 4.78 is 10.9. The Labute approximate surface area is 141 Å². The van der Waals surface area contributed by atoms with Crippen molar-refractivity contribution in [2.75, 3.05) is 20.3 Å². The first-order chi connectivity index (χ1) is 9.97. The molecule has 1 rings (SSSR count). The van der Waals surface area contributed by atoms with Crippen LogP contribution < -0.4 is 14.8 Å². The van der Waals surface area contributed by atoms with Crippen LogP contribution in [0.3, 0.4) is 0 Å². The summed E-state index contributed by atoms with van der Waals surface area (Å²) in [7, 11) is 1.57. The third-order valence-electron chi connectivity index (χ3n) is 2.64. The molecule has 0 unspecified atom stereocenters. The summed E-state index contributed by atoms with van der Waals surface area (Å²) in [5.41, 5.74) is 2.29. The summed E-state index contributed by atoms with van der Waals surface area (Å²) >= 11 is 17.5. The van der Waals surface area contributed by atoms with Crippen molar-refractivity contribution in [3.05, 3.63) is 33.3 Å². The van der Waals surface area contributed by atoms with E-state index in [4.69, 9.17) is 44.3 Å². The zero-order chi connectivity index (χ0) is 15.8. The van der Waals surface area contributed by atoms with Crippen molar-refractivity contribution in [2.24, 2.45) is 5.92 Å². The van der Waals surface area contributed by atoms with Gasteiger partial charge in [-0.25, -0.2) is 0 Å². The number of methoxy groups -OCH3 is 1. The second-order valence-corrected chi connectivity index (χ2v) is 6.09. The highest BCUT2D eigenvalue weighted by atomic mass is 35.5. The van der Waals surface area contributed by atoms with Gasteiger partial charge in [-0.05, 0) is 30.2 Å². The van der Waals surface area contributed by atoms with Crippen LogP contribution in [0.2, 0.25) is 5.02 Å². The minimum atomic E-state index is 0.145. The molecule has 0 bridgehead atoms. The summed E-state index contributed by atoms with van der Waals surface area (Å²) in [4.78, 5) is 0. The molecule has 0 saturated heterocycles. The lowest BCUT2D eigenvalue weighted by molar-refractivity contribution is 0.324. The molecule has 0 spiro atoms. The van der Waals surface area contributed by atoms with Crippen LogP contribution in [-0.4, -0.2) is 20.3 Å². The second kappa shape index (κ2) is 9.42. The van der Waals surface area contributed by atoms with Gasteiger partial charge in [-0.15, -0.1) is 0 Å². The van der Waals surface area contributed by atoms with E-state index in [9.17, 15) is 0 Å². The lowest BCUT2D eigenvalue weighted by Gasteiger charge is -2.14. The van der Waals surface area contributed by atoms with Crippen molar-refractivity contribution in [3.63, 3.8) is 0 Å². The van der Waals surface area contributed by atoms with Crippen LogP contribution in [0.4, 0.5) is 0 Å². The third-order valence-corrected chi connectivity index (χ3v) is 3.52. The van der Waals surface area contributed by atoms with Gasteiger partial charge >= 0.3 is 0 Å². The molecule has 0 radical (unpaired) electrons. The Kier molecular flexibility index (Phi) is 8.27. The summed E-state index contributed by atoms with van der Waals surface area (Å²) in [6.45, 7) is 6.12. The highest BCUT2D eigenvalue weighted by Gasteiger charge is 2.12. The number of hydrogen-bond acceptors (Lipinski definition) is 3. The number of halogens is 3. The fourth-order valence-electron chi connectivity index (χ4n) is 1.69. The lowest BCUT2D eigenvalue weighted by Crippen LogP contribution is -2.19. The minimum Gasteiger partial charge on any atom is -0.493 e. The van der Waals surface area contributed by atoms with Gasteiger partial charge in [0.05, 0.1) is 17.2 Å². The average Bonchev–Trinajstić information content (AvgIpc) is 2.44. The van der Waals surface area contributed by atoms with Crippen LogP contribution in [-0.2, 0) is 6.54 Å². The van der Waals surface area contributed by atoms with E-state index in [1.807, 2.05) is 12.1 Å². The van der Waals surface area contributed by atoms with Crippen molar-refractivity contribution < 1.29 is 9.47 Å².